The molecule has 1 heterocycles. The van der Waals surface area contributed by atoms with E-state index in [1.54, 1.807) is 12.1 Å². The second-order valence-corrected chi connectivity index (χ2v) is 5.38. The van der Waals surface area contributed by atoms with Gasteiger partial charge in [-0.05, 0) is 24.7 Å². The molecule has 1 saturated heterocycles. The number of benzene rings is 1. The van der Waals surface area contributed by atoms with E-state index in [4.69, 9.17) is 5.84 Å². The topological polar surface area (TPSA) is 93.2 Å². The van der Waals surface area contributed by atoms with Gasteiger partial charge < -0.3 is 10.7 Å². The van der Waals surface area contributed by atoms with Crippen molar-refractivity contribution in [2.75, 3.05) is 22.2 Å². The zero-order valence-corrected chi connectivity index (χ0v) is 10.7. The molecule has 1 aliphatic heterocycles. The number of nitrogens with two attached hydrogens (primary N) is 1. The molecule has 7 heteroatoms. The van der Waals surface area contributed by atoms with Gasteiger partial charge in [0.25, 0.3) is 5.69 Å². The van der Waals surface area contributed by atoms with E-state index in [2.05, 4.69) is 10.7 Å². The molecule has 0 saturated carbocycles. The minimum absolute atomic E-state index is 0.0383. The summed E-state index contributed by atoms with van der Waals surface area (Å²) in [6.07, 6.45) is 2.28. The zero-order chi connectivity index (χ0) is 13.0. The molecule has 4 N–H and O–H groups in total. The number of hydrogen-bond acceptors (Lipinski definition) is 6. The highest BCUT2D eigenvalue weighted by atomic mass is 32.2. The van der Waals surface area contributed by atoms with Gasteiger partial charge >= 0.3 is 0 Å². The van der Waals surface area contributed by atoms with Crippen LogP contribution in [0.5, 0.6) is 0 Å². The van der Waals surface area contributed by atoms with Crippen LogP contribution in [0.1, 0.15) is 12.8 Å². The van der Waals surface area contributed by atoms with Crippen molar-refractivity contribution in [3.63, 3.8) is 0 Å². The maximum Gasteiger partial charge on any atom is 0.273 e. The SMILES string of the molecule is NNc1cc(NC2CCCSC2)cc([N+](=O)[O-])c1. The van der Waals surface area contributed by atoms with Gasteiger partial charge in [0.05, 0.1) is 10.6 Å². The first-order chi connectivity index (χ1) is 8.69. The molecule has 1 aliphatic rings. The summed E-state index contributed by atoms with van der Waals surface area (Å²) in [7, 11) is 0. The molecule has 1 fully saturated rings. The van der Waals surface area contributed by atoms with Crippen LogP contribution in [-0.4, -0.2) is 22.5 Å². The summed E-state index contributed by atoms with van der Waals surface area (Å²) in [4.78, 5) is 10.4. The van der Waals surface area contributed by atoms with E-state index in [-0.39, 0.29) is 5.69 Å². The van der Waals surface area contributed by atoms with Crippen molar-refractivity contribution in [2.45, 2.75) is 18.9 Å². The fraction of sp³-hybridized carbons (Fsp3) is 0.455. The first kappa shape index (κ1) is 13.0. The second-order valence-electron chi connectivity index (χ2n) is 4.23. The molecule has 0 radical (unpaired) electrons. The van der Waals surface area contributed by atoms with Gasteiger partial charge in [-0.15, -0.1) is 0 Å². The average molecular weight is 268 g/mol. The molecular weight excluding hydrogens is 252 g/mol. The van der Waals surface area contributed by atoms with Gasteiger partial charge in [-0.25, -0.2) is 0 Å². The van der Waals surface area contributed by atoms with Crippen molar-refractivity contribution in [1.29, 1.82) is 0 Å². The third-order valence-corrected chi connectivity index (χ3v) is 4.04. The number of rotatable bonds is 4. The van der Waals surface area contributed by atoms with Crippen LogP contribution in [0, 0.1) is 10.1 Å². The molecule has 1 aromatic rings. The predicted molar refractivity (Wildman–Crippen MR) is 74.9 cm³/mol. The number of hydrazine groups is 1. The Morgan fingerprint density at radius 1 is 1.39 bits per heavy atom. The van der Waals surface area contributed by atoms with E-state index in [0.717, 1.165) is 17.9 Å². The molecule has 98 valence electrons. The number of thioether (sulfide) groups is 1. The van der Waals surface area contributed by atoms with Crippen LogP contribution in [0.4, 0.5) is 17.1 Å². The molecular formula is C11H16N4O2S. The third kappa shape index (κ3) is 3.27. The van der Waals surface area contributed by atoms with Crippen molar-refractivity contribution in [3.8, 4) is 0 Å². The summed E-state index contributed by atoms with van der Waals surface area (Å²) in [6, 6.07) is 5.11. The van der Waals surface area contributed by atoms with Crippen LogP contribution >= 0.6 is 11.8 Å². The van der Waals surface area contributed by atoms with Gasteiger partial charge in [0.1, 0.15) is 0 Å². The largest absolute Gasteiger partial charge is 0.381 e. The van der Waals surface area contributed by atoms with Crippen LogP contribution in [0.2, 0.25) is 0 Å². The predicted octanol–water partition coefficient (Wildman–Crippen LogP) is 2.19. The number of non-ortho nitro benzene ring substituents is 1. The number of hydrogen-bond donors (Lipinski definition) is 3. The summed E-state index contributed by atoms with van der Waals surface area (Å²) in [6.45, 7) is 0. The van der Waals surface area contributed by atoms with Crippen LogP contribution in [-0.2, 0) is 0 Å². The normalized spacial score (nSPS) is 19.3. The molecule has 6 nitrogen and oxygen atoms in total. The minimum atomic E-state index is -0.415. The monoisotopic (exact) mass is 268 g/mol. The quantitative estimate of drug-likeness (QED) is 0.440. The first-order valence-corrected chi connectivity index (χ1v) is 6.95. The molecule has 0 spiro atoms. The van der Waals surface area contributed by atoms with E-state index in [1.807, 2.05) is 11.8 Å². The lowest BCUT2D eigenvalue weighted by Gasteiger charge is -2.23. The van der Waals surface area contributed by atoms with Gasteiger partial charge in [0, 0.05) is 29.6 Å². The Morgan fingerprint density at radius 2 is 2.17 bits per heavy atom. The summed E-state index contributed by atoms with van der Waals surface area (Å²) < 4.78 is 0. The van der Waals surface area contributed by atoms with Gasteiger partial charge in [0.15, 0.2) is 0 Å². The molecule has 1 unspecified atom stereocenters. The smallest absolute Gasteiger partial charge is 0.273 e. The highest BCUT2D eigenvalue weighted by Crippen LogP contribution is 2.26. The van der Waals surface area contributed by atoms with Crippen molar-refractivity contribution in [1.82, 2.24) is 0 Å². The van der Waals surface area contributed by atoms with Crippen LogP contribution in [0.3, 0.4) is 0 Å². The number of nitrogens with zero attached hydrogens (tertiary/aromatic N) is 1. The highest BCUT2D eigenvalue weighted by molar-refractivity contribution is 7.99. The Bertz CT molecular complexity index is 435. The van der Waals surface area contributed by atoms with Crippen molar-refractivity contribution in [3.05, 3.63) is 28.3 Å². The number of nitrogens with one attached hydrogen (secondary N) is 2. The van der Waals surface area contributed by atoms with Crippen LogP contribution < -0.4 is 16.6 Å². The van der Waals surface area contributed by atoms with Gasteiger partial charge in [-0.3, -0.25) is 16.0 Å². The lowest BCUT2D eigenvalue weighted by molar-refractivity contribution is -0.384. The number of nitrogen functional groups attached to an aromatic ring is 1. The number of anilines is 2. The second kappa shape index (κ2) is 5.92. The van der Waals surface area contributed by atoms with E-state index >= 15 is 0 Å². The lowest BCUT2D eigenvalue weighted by atomic mass is 10.1. The molecule has 1 aromatic carbocycles. The summed E-state index contributed by atoms with van der Waals surface area (Å²) in [5.41, 5.74) is 3.77. The minimum Gasteiger partial charge on any atom is -0.381 e. The molecule has 0 amide bonds. The van der Waals surface area contributed by atoms with E-state index in [1.165, 1.54) is 18.2 Å². The summed E-state index contributed by atoms with van der Waals surface area (Å²) in [5.74, 6) is 7.55. The molecule has 1 atom stereocenters. The standard InChI is InChI=1S/C11H16N4O2S/c12-14-10-4-9(5-11(6-10)15(16)17)13-8-2-1-3-18-7-8/h4-6,8,13-14H,1-3,7,12H2. The molecule has 18 heavy (non-hydrogen) atoms. The third-order valence-electron chi connectivity index (χ3n) is 2.83. The van der Waals surface area contributed by atoms with Gasteiger partial charge in [-0.2, -0.15) is 11.8 Å². The van der Waals surface area contributed by atoms with E-state index in [9.17, 15) is 10.1 Å². The van der Waals surface area contributed by atoms with Gasteiger partial charge in [-0.1, -0.05) is 0 Å². The fourth-order valence-electron chi connectivity index (χ4n) is 1.97. The Balaban J connectivity index is 2.15. The Morgan fingerprint density at radius 3 is 2.78 bits per heavy atom. The maximum absolute atomic E-state index is 10.8. The number of nitro benzene ring substituents is 1. The van der Waals surface area contributed by atoms with Crippen molar-refractivity contribution >= 4 is 28.8 Å². The maximum atomic E-state index is 10.8. The molecule has 0 aliphatic carbocycles. The Hall–Kier alpha value is -1.47. The van der Waals surface area contributed by atoms with Crippen LogP contribution in [0.15, 0.2) is 18.2 Å². The van der Waals surface area contributed by atoms with Crippen molar-refractivity contribution in [2.24, 2.45) is 5.84 Å². The summed E-state index contributed by atoms with van der Waals surface area (Å²) >= 11 is 1.91. The molecule has 2 rings (SSSR count). The average Bonchev–Trinajstić information content (AvgIpc) is 2.39. The zero-order valence-electron chi connectivity index (χ0n) is 9.89. The Kier molecular flexibility index (Phi) is 4.27. The summed E-state index contributed by atoms with van der Waals surface area (Å²) in [5, 5.41) is 14.1. The lowest BCUT2D eigenvalue weighted by Crippen LogP contribution is -2.25. The fourth-order valence-corrected chi connectivity index (χ4v) is 3.05. The van der Waals surface area contributed by atoms with Crippen LogP contribution in [0.25, 0.3) is 0 Å². The Labute approximate surface area is 109 Å². The first-order valence-electron chi connectivity index (χ1n) is 5.79. The van der Waals surface area contributed by atoms with Gasteiger partial charge in [0.2, 0.25) is 0 Å². The molecule has 0 aromatic heterocycles. The highest BCUT2D eigenvalue weighted by Gasteiger charge is 2.15. The van der Waals surface area contributed by atoms with E-state index in [0.29, 0.717) is 11.7 Å². The van der Waals surface area contributed by atoms with Crippen molar-refractivity contribution < 1.29 is 4.92 Å². The number of nitro groups is 1. The van der Waals surface area contributed by atoms with E-state index < -0.39 is 4.92 Å². The molecule has 0 bridgehead atoms.